The molecule has 0 atom stereocenters. The van der Waals surface area contributed by atoms with Gasteiger partial charge in [-0.25, -0.2) is 4.98 Å². The summed E-state index contributed by atoms with van der Waals surface area (Å²) in [4.78, 5) is 8.83. The Balaban J connectivity index is 2.03. The van der Waals surface area contributed by atoms with Gasteiger partial charge in [0.1, 0.15) is 0 Å². The van der Waals surface area contributed by atoms with E-state index in [1.165, 1.54) is 41.4 Å². The van der Waals surface area contributed by atoms with Gasteiger partial charge in [-0.15, -0.1) is 11.3 Å². The standard InChI is InChI=1S/C16H29N3OS/c1-4-14-15(12-17-10-11-20-3)21-16(18-14)19(5-2)13-8-6-7-9-13/h13,17H,4-12H2,1-3H3. The van der Waals surface area contributed by atoms with Crippen molar-refractivity contribution in [2.75, 3.05) is 31.7 Å². The highest BCUT2D eigenvalue weighted by molar-refractivity contribution is 7.15. The van der Waals surface area contributed by atoms with Crippen molar-refractivity contribution in [1.29, 1.82) is 0 Å². The van der Waals surface area contributed by atoms with Gasteiger partial charge in [0.25, 0.3) is 0 Å². The van der Waals surface area contributed by atoms with Crippen LogP contribution in [0.15, 0.2) is 0 Å². The van der Waals surface area contributed by atoms with Crippen LogP contribution in [0.25, 0.3) is 0 Å². The first-order chi connectivity index (χ1) is 10.3. The molecule has 0 aliphatic heterocycles. The lowest BCUT2D eigenvalue weighted by molar-refractivity contribution is 0.199. The normalized spacial score (nSPS) is 15.8. The lowest BCUT2D eigenvalue weighted by Crippen LogP contribution is -2.32. The van der Waals surface area contributed by atoms with Crippen molar-refractivity contribution in [2.24, 2.45) is 0 Å². The summed E-state index contributed by atoms with van der Waals surface area (Å²) < 4.78 is 5.08. The number of aryl methyl sites for hydroxylation is 1. The quantitative estimate of drug-likeness (QED) is 0.711. The average molecular weight is 311 g/mol. The van der Waals surface area contributed by atoms with Gasteiger partial charge in [-0.05, 0) is 26.2 Å². The molecule has 120 valence electrons. The monoisotopic (exact) mass is 311 g/mol. The van der Waals surface area contributed by atoms with Crippen LogP contribution < -0.4 is 10.2 Å². The van der Waals surface area contributed by atoms with Crippen LogP contribution in [-0.2, 0) is 17.7 Å². The van der Waals surface area contributed by atoms with Gasteiger partial charge in [-0.2, -0.15) is 0 Å². The Kier molecular flexibility index (Phi) is 6.93. The first kappa shape index (κ1) is 16.7. The molecule has 1 aliphatic carbocycles. The molecule has 1 aromatic rings. The zero-order valence-electron chi connectivity index (χ0n) is 13.7. The Morgan fingerprint density at radius 1 is 1.33 bits per heavy atom. The zero-order chi connectivity index (χ0) is 15.1. The van der Waals surface area contributed by atoms with Crippen molar-refractivity contribution < 1.29 is 4.74 Å². The molecule has 1 fully saturated rings. The molecular weight excluding hydrogens is 282 g/mol. The minimum absolute atomic E-state index is 0.708. The molecule has 0 bridgehead atoms. The number of nitrogens with zero attached hydrogens (tertiary/aromatic N) is 2. The van der Waals surface area contributed by atoms with Gasteiger partial charge in [0.2, 0.25) is 0 Å². The van der Waals surface area contributed by atoms with Crippen LogP contribution in [0.1, 0.15) is 50.1 Å². The van der Waals surface area contributed by atoms with Gasteiger partial charge in [-0.1, -0.05) is 19.8 Å². The molecule has 0 aromatic carbocycles. The van der Waals surface area contributed by atoms with Crippen molar-refractivity contribution in [3.8, 4) is 0 Å². The number of thiazole rings is 1. The third kappa shape index (κ3) is 4.41. The molecule has 1 saturated carbocycles. The minimum Gasteiger partial charge on any atom is -0.383 e. The Bertz CT molecular complexity index is 416. The van der Waals surface area contributed by atoms with Gasteiger partial charge < -0.3 is 15.0 Å². The van der Waals surface area contributed by atoms with E-state index in [1.54, 1.807) is 7.11 Å². The van der Waals surface area contributed by atoms with E-state index in [0.717, 1.165) is 32.7 Å². The molecule has 0 amide bonds. The predicted octanol–water partition coefficient (Wildman–Crippen LogP) is 3.21. The van der Waals surface area contributed by atoms with Crippen LogP contribution in [0.2, 0.25) is 0 Å². The van der Waals surface area contributed by atoms with E-state index in [4.69, 9.17) is 9.72 Å². The minimum atomic E-state index is 0.708. The summed E-state index contributed by atoms with van der Waals surface area (Å²) in [6.45, 7) is 8.08. The molecule has 21 heavy (non-hydrogen) atoms. The largest absolute Gasteiger partial charge is 0.383 e. The second-order valence-electron chi connectivity index (χ2n) is 5.61. The van der Waals surface area contributed by atoms with Crippen LogP contribution in [0, 0.1) is 0 Å². The van der Waals surface area contributed by atoms with Crippen molar-refractivity contribution in [3.63, 3.8) is 0 Å². The summed E-state index contributed by atoms with van der Waals surface area (Å²) in [5, 5.41) is 4.67. The second kappa shape index (κ2) is 8.71. The number of anilines is 1. The summed E-state index contributed by atoms with van der Waals surface area (Å²) >= 11 is 1.87. The van der Waals surface area contributed by atoms with Crippen molar-refractivity contribution in [3.05, 3.63) is 10.6 Å². The van der Waals surface area contributed by atoms with E-state index in [2.05, 4.69) is 24.1 Å². The predicted molar refractivity (Wildman–Crippen MR) is 90.4 cm³/mol. The first-order valence-electron chi connectivity index (χ1n) is 8.25. The summed E-state index contributed by atoms with van der Waals surface area (Å²) in [6, 6.07) is 0.708. The number of nitrogens with one attached hydrogen (secondary N) is 1. The molecule has 1 heterocycles. The number of aromatic nitrogens is 1. The van der Waals surface area contributed by atoms with Crippen LogP contribution in [-0.4, -0.2) is 37.8 Å². The number of methoxy groups -OCH3 is 1. The maximum atomic E-state index is 5.08. The maximum absolute atomic E-state index is 5.08. The molecule has 0 spiro atoms. The number of ether oxygens (including phenoxy) is 1. The average Bonchev–Trinajstić information content (AvgIpc) is 3.14. The summed E-state index contributed by atoms with van der Waals surface area (Å²) in [5.74, 6) is 0. The van der Waals surface area contributed by atoms with Gasteiger partial charge in [0.15, 0.2) is 5.13 Å². The lowest BCUT2D eigenvalue weighted by atomic mass is 10.2. The third-order valence-electron chi connectivity index (χ3n) is 4.22. The van der Waals surface area contributed by atoms with E-state index in [1.807, 2.05) is 11.3 Å². The Morgan fingerprint density at radius 2 is 2.10 bits per heavy atom. The van der Waals surface area contributed by atoms with E-state index in [9.17, 15) is 0 Å². The molecule has 1 aromatic heterocycles. The number of hydrogen-bond donors (Lipinski definition) is 1. The highest BCUT2D eigenvalue weighted by Gasteiger charge is 2.24. The molecule has 1 aliphatic rings. The number of hydrogen-bond acceptors (Lipinski definition) is 5. The van der Waals surface area contributed by atoms with Crippen LogP contribution in [0.3, 0.4) is 0 Å². The zero-order valence-corrected chi connectivity index (χ0v) is 14.5. The highest BCUT2D eigenvalue weighted by atomic mass is 32.1. The molecule has 4 nitrogen and oxygen atoms in total. The lowest BCUT2D eigenvalue weighted by Gasteiger charge is -2.26. The van der Waals surface area contributed by atoms with Gasteiger partial charge in [-0.3, -0.25) is 0 Å². The molecule has 2 rings (SSSR count). The van der Waals surface area contributed by atoms with E-state index >= 15 is 0 Å². The molecule has 0 saturated heterocycles. The van der Waals surface area contributed by atoms with E-state index in [-0.39, 0.29) is 0 Å². The summed E-state index contributed by atoms with van der Waals surface area (Å²) in [6.07, 6.45) is 6.42. The topological polar surface area (TPSA) is 37.4 Å². The van der Waals surface area contributed by atoms with Crippen molar-refractivity contribution >= 4 is 16.5 Å². The van der Waals surface area contributed by atoms with Gasteiger partial charge in [0, 0.05) is 37.7 Å². The van der Waals surface area contributed by atoms with E-state index < -0.39 is 0 Å². The molecule has 5 heteroatoms. The number of rotatable bonds is 9. The van der Waals surface area contributed by atoms with Crippen molar-refractivity contribution in [2.45, 2.75) is 58.5 Å². The SMILES string of the molecule is CCc1nc(N(CC)C2CCCC2)sc1CNCCOC. The molecule has 1 N–H and O–H groups in total. The fourth-order valence-electron chi connectivity index (χ4n) is 3.05. The summed E-state index contributed by atoms with van der Waals surface area (Å²) in [7, 11) is 1.74. The molecule has 0 radical (unpaired) electrons. The summed E-state index contributed by atoms with van der Waals surface area (Å²) in [5.41, 5.74) is 1.26. The fraction of sp³-hybridized carbons (Fsp3) is 0.812. The van der Waals surface area contributed by atoms with Gasteiger partial charge in [0.05, 0.1) is 12.3 Å². The van der Waals surface area contributed by atoms with Crippen LogP contribution in [0.5, 0.6) is 0 Å². The highest BCUT2D eigenvalue weighted by Crippen LogP contribution is 2.32. The van der Waals surface area contributed by atoms with Crippen molar-refractivity contribution in [1.82, 2.24) is 10.3 Å². The van der Waals surface area contributed by atoms with Crippen LogP contribution in [0.4, 0.5) is 5.13 Å². The Morgan fingerprint density at radius 3 is 2.71 bits per heavy atom. The third-order valence-corrected chi connectivity index (χ3v) is 5.36. The molecule has 0 unspecified atom stereocenters. The van der Waals surface area contributed by atoms with Crippen LogP contribution >= 0.6 is 11.3 Å². The fourth-order valence-corrected chi connectivity index (χ4v) is 4.30. The Hall–Kier alpha value is -0.650. The first-order valence-corrected chi connectivity index (χ1v) is 9.06. The second-order valence-corrected chi connectivity index (χ2v) is 6.68. The Labute approximate surface area is 132 Å². The van der Waals surface area contributed by atoms with Gasteiger partial charge >= 0.3 is 0 Å². The van der Waals surface area contributed by atoms with E-state index in [0.29, 0.717) is 6.04 Å². The maximum Gasteiger partial charge on any atom is 0.186 e. The smallest absolute Gasteiger partial charge is 0.186 e. The molecular formula is C16H29N3OS.